The van der Waals surface area contributed by atoms with Gasteiger partial charge in [0.1, 0.15) is 5.82 Å². The number of ether oxygens (including phenoxy) is 1. The molecular weight excluding hydrogens is 291 g/mol. The summed E-state index contributed by atoms with van der Waals surface area (Å²) in [5.74, 6) is -0.213. The van der Waals surface area contributed by atoms with E-state index < -0.39 is 0 Å². The maximum atomic E-state index is 13.2. The standard InChI is InChI=1S/C12H10BrFOS/c13-10-5-11(16-8-10)7-15-6-9-3-1-2-4-12(9)14/h1-5,8H,6-7H2. The lowest BCUT2D eigenvalue weighted by Gasteiger charge is -2.03. The van der Waals surface area contributed by atoms with Crippen LogP contribution in [0.3, 0.4) is 0 Å². The molecule has 1 aromatic heterocycles. The molecule has 0 bridgehead atoms. The van der Waals surface area contributed by atoms with Gasteiger partial charge in [0.15, 0.2) is 0 Å². The number of benzene rings is 1. The quantitative estimate of drug-likeness (QED) is 0.815. The van der Waals surface area contributed by atoms with Crippen molar-refractivity contribution in [2.24, 2.45) is 0 Å². The third kappa shape index (κ3) is 3.14. The van der Waals surface area contributed by atoms with Crippen molar-refractivity contribution in [3.63, 3.8) is 0 Å². The number of halogens is 2. The Bertz CT molecular complexity index is 470. The summed E-state index contributed by atoms with van der Waals surface area (Å²) in [6, 6.07) is 8.67. The molecule has 1 aromatic carbocycles. The normalized spacial score (nSPS) is 10.6. The number of hydrogen-bond donors (Lipinski definition) is 0. The maximum absolute atomic E-state index is 13.2. The van der Waals surface area contributed by atoms with Gasteiger partial charge in [-0.3, -0.25) is 0 Å². The molecule has 1 nitrogen and oxygen atoms in total. The summed E-state index contributed by atoms with van der Waals surface area (Å²) in [6.45, 7) is 0.826. The van der Waals surface area contributed by atoms with Gasteiger partial charge in [-0.05, 0) is 28.1 Å². The van der Waals surface area contributed by atoms with E-state index >= 15 is 0 Å². The molecule has 0 atom stereocenters. The summed E-state index contributed by atoms with van der Waals surface area (Å²) >= 11 is 5.00. The second-order valence-corrected chi connectivity index (χ2v) is 5.23. The van der Waals surface area contributed by atoms with Gasteiger partial charge in [-0.25, -0.2) is 4.39 Å². The van der Waals surface area contributed by atoms with E-state index in [1.165, 1.54) is 6.07 Å². The lowest BCUT2D eigenvalue weighted by atomic mass is 10.2. The first-order valence-corrected chi connectivity index (χ1v) is 6.47. The zero-order valence-electron chi connectivity index (χ0n) is 8.45. The van der Waals surface area contributed by atoms with Gasteiger partial charge >= 0.3 is 0 Å². The van der Waals surface area contributed by atoms with Gasteiger partial charge in [0.25, 0.3) is 0 Å². The van der Waals surface area contributed by atoms with E-state index in [9.17, 15) is 4.39 Å². The van der Waals surface area contributed by atoms with Crippen molar-refractivity contribution < 1.29 is 9.13 Å². The average Bonchev–Trinajstić information content (AvgIpc) is 2.67. The molecule has 0 fully saturated rings. The van der Waals surface area contributed by atoms with Gasteiger partial charge in [-0.15, -0.1) is 11.3 Å². The Labute approximate surface area is 106 Å². The third-order valence-corrected chi connectivity index (χ3v) is 3.75. The molecule has 0 saturated carbocycles. The van der Waals surface area contributed by atoms with Crippen molar-refractivity contribution in [1.29, 1.82) is 0 Å². The van der Waals surface area contributed by atoms with E-state index in [0.717, 1.165) is 9.35 Å². The second-order valence-electron chi connectivity index (χ2n) is 3.32. The predicted octanol–water partition coefficient (Wildman–Crippen LogP) is 4.37. The van der Waals surface area contributed by atoms with Crippen molar-refractivity contribution in [3.05, 3.63) is 56.4 Å². The highest BCUT2D eigenvalue weighted by Crippen LogP contribution is 2.20. The Hall–Kier alpha value is -0.710. The van der Waals surface area contributed by atoms with Crippen molar-refractivity contribution in [1.82, 2.24) is 0 Å². The molecule has 4 heteroatoms. The van der Waals surface area contributed by atoms with E-state index in [4.69, 9.17) is 4.74 Å². The largest absolute Gasteiger partial charge is 0.371 e. The number of thiophene rings is 1. The van der Waals surface area contributed by atoms with E-state index in [-0.39, 0.29) is 5.82 Å². The first-order valence-electron chi connectivity index (χ1n) is 4.80. The van der Waals surface area contributed by atoms with Gasteiger partial charge < -0.3 is 4.74 Å². The summed E-state index contributed by atoms with van der Waals surface area (Å²) in [5.41, 5.74) is 0.595. The maximum Gasteiger partial charge on any atom is 0.128 e. The molecular formula is C12H10BrFOS. The molecule has 0 aliphatic rings. The fourth-order valence-corrected chi connectivity index (χ4v) is 2.69. The lowest BCUT2D eigenvalue weighted by molar-refractivity contribution is 0.107. The van der Waals surface area contributed by atoms with Gasteiger partial charge in [0, 0.05) is 20.3 Å². The van der Waals surface area contributed by atoms with Crippen LogP contribution in [0.25, 0.3) is 0 Å². The summed E-state index contributed by atoms with van der Waals surface area (Å²) < 4.78 is 19.7. The molecule has 84 valence electrons. The van der Waals surface area contributed by atoms with Crippen LogP contribution in [0.5, 0.6) is 0 Å². The Morgan fingerprint density at radius 1 is 1.25 bits per heavy atom. The molecule has 2 rings (SSSR count). The molecule has 0 amide bonds. The van der Waals surface area contributed by atoms with Crippen LogP contribution in [0.1, 0.15) is 10.4 Å². The highest BCUT2D eigenvalue weighted by Gasteiger charge is 2.02. The number of hydrogen-bond acceptors (Lipinski definition) is 2. The van der Waals surface area contributed by atoms with Gasteiger partial charge in [-0.1, -0.05) is 18.2 Å². The summed E-state index contributed by atoms with van der Waals surface area (Å²) in [6.07, 6.45) is 0. The average molecular weight is 301 g/mol. The SMILES string of the molecule is Fc1ccccc1COCc1cc(Br)cs1. The third-order valence-electron chi connectivity index (χ3n) is 2.08. The monoisotopic (exact) mass is 300 g/mol. The molecule has 0 N–H and O–H groups in total. The first-order chi connectivity index (χ1) is 7.75. The van der Waals surface area contributed by atoms with Crippen molar-refractivity contribution in [3.8, 4) is 0 Å². The van der Waals surface area contributed by atoms with Crippen LogP contribution in [0.2, 0.25) is 0 Å². The summed E-state index contributed by atoms with van der Waals surface area (Å²) in [4.78, 5) is 1.13. The molecule has 0 aliphatic heterocycles. The van der Waals surface area contributed by atoms with Crippen LogP contribution in [0.15, 0.2) is 40.2 Å². The van der Waals surface area contributed by atoms with E-state index in [2.05, 4.69) is 15.9 Å². The Balaban J connectivity index is 1.87. The number of rotatable bonds is 4. The minimum absolute atomic E-state index is 0.213. The molecule has 2 aromatic rings. The van der Waals surface area contributed by atoms with E-state index in [0.29, 0.717) is 18.8 Å². The lowest BCUT2D eigenvalue weighted by Crippen LogP contribution is -1.95. The van der Waals surface area contributed by atoms with E-state index in [1.807, 2.05) is 17.5 Å². The Kier molecular flexibility index (Phi) is 4.09. The summed E-state index contributed by atoms with van der Waals surface area (Å²) in [7, 11) is 0. The van der Waals surface area contributed by atoms with Crippen LogP contribution < -0.4 is 0 Å². The Morgan fingerprint density at radius 3 is 2.75 bits per heavy atom. The highest BCUT2D eigenvalue weighted by atomic mass is 79.9. The van der Waals surface area contributed by atoms with Gasteiger partial charge in [0.2, 0.25) is 0 Å². The molecule has 0 radical (unpaired) electrons. The zero-order valence-corrected chi connectivity index (χ0v) is 10.9. The first kappa shape index (κ1) is 11.8. The van der Waals surface area contributed by atoms with Crippen molar-refractivity contribution in [2.45, 2.75) is 13.2 Å². The molecule has 0 spiro atoms. The van der Waals surface area contributed by atoms with Gasteiger partial charge in [0.05, 0.1) is 13.2 Å². The second kappa shape index (κ2) is 5.57. The Morgan fingerprint density at radius 2 is 2.06 bits per heavy atom. The van der Waals surface area contributed by atoms with Crippen LogP contribution in [-0.4, -0.2) is 0 Å². The van der Waals surface area contributed by atoms with Crippen molar-refractivity contribution in [2.75, 3.05) is 0 Å². The van der Waals surface area contributed by atoms with Crippen LogP contribution in [0.4, 0.5) is 4.39 Å². The molecule has 0 saturated heterocycles. The van der Waals surface area contributed by atoms with Crippen molar-refractivity contribution >= 4 is 27.3 Å². The molecule has 0 aliphatic carbocycles. The van der Waals surface area contributed by atoms with E-state index in [1.54, 1.807) is 23.5 Å². The van der Waals surface area contributed by atoms with Crippen LogP contribution >= 0.6 is 27.3 Å². The predicted molar refractivity (Wildman–Crippen MR) is 66.9 cm³/mol. The minimum atomic E-state index is -0.213. The topological polar surface area (TPSA) is 9.23 Å². The molecule has 0 unspecified atom stereocenters. The van der Waals surface area contributed by atoms with Crippen LogP contribution in [0, 0.1) is 5.82 Å². The molecule has 16 heavy (non-hydrogen) atoms. The van der Waals surface area contributed by atoms with Gasteiger partial charge in [-0.2, -0.15) is 0 Å². The molecule has 1 heterocycles. The van der Waals surface area contributed by atoms with Crippen LogP contribution in [-0.2, 0) is 18.0 Å². The fraction of sp³-hybridized carbons (Fsp3) is 0.167. The zero-order chi connectivity index (χ0) is 11.4. The smallest absolute Gasteiger partial charge is 0.128 e. The summed E-state index contributed by atoms with van der Waals surface area (Å²) in [5, 5.41) is 2.00. The minimum Gasteiger partial charge on any atom is -0.371 e. The fourth-order valence-electron chi connectivity index (χ4n) is 1.31. The highest BCUT2D eigenvalue weighted by molar-refractivity contribution is 9.10.